The van der Waals surface area contributed by atoms with Crippen LogP contribution in [-0.2, 0) is 6.54 Å². The number of ether oxygens (including phenoxy) is 1. The summed E-state index contributed by atoms with van der Waals surface area (Å²) in [6.45, 7) is 9.77. The van der Waals surface area contributed by atoms with E-state index in [0.29, 0.717) is 29.2 Å². The first kappa shape index (κ1) is 26.5. The predicted molar refractivity (Wildman–Crippen MR) is 137 cm³/mol. The van der Waals surface area contributed by atoms with Gasteiger partial charge in [0, 0.05) is 48.8 Å². The number of aromatic nitrogens is 1. The number of benzene rings is 2. The van der Waals surface area contributed by atoms with Crippen molar-refractivity contribution in [2.45, 2.75) is 41.2 Å². The Balaban J connectivity index is 0.00000199. The summed E-state index contributed by atoms with van der Waals surface area (Å²) in [5.74, 6) is 0.712. The lowest BCUT2D eigenvalue weighted by Gasteiger charge is -2.13. The number of hydrogen-bond acceptors (Lipinski definition) is 4. The van der Waals surface area contributed by atoms with Gasteiger partial charge in [0.25, 0.3) is 5.91 Å². The number of amides is 1. The lowest BCUT2D eigenvalue weighted by atomic mass is 10.1. The molecule has 0 atom stereocenters. The third kappa shape index (κ3) is 6.85. The summed E-state index contributed by atoms with van der Waals surface area (Å²) in [5.41, 5.74) is 4.26. The number of nitrogens with zero attached hydrogens (tertiary/aromatic N) is 2. The molecule has 0 aliphatic heterocycles. The summed E-state index contributed by atoms with van der Waals surface area (Å²) >= 11 is 0. The first-order valence-electron chi connectivity index (χ1n) is 11.3. The van der Waals surface area contributed by atoms with Crippen molar-refractivity contribution in [1.82, 2.24) is 10.3 Å². The molecule has 0 fully saturated rings. The Morgan fingerprint density at radius 3 is 2.59 bits per heavy atom. The van der Waals surface area contributed by atoms with Gasteiger partial charge in [-0.1, -0.05) is 38.1 Å². The number of hydrogen-bond donors (Lipinski definition) is 1. The van der Waals surface area contributed by atoms with Crippen LogP contribution in [0.1, 0.15) is 53.5 Å². The number of nitrogens with one attached hydrogen (secondary N) is 1. The molecule has 0 aliphatic rings. The Bertz CT molecular complexity index is 1190. The van der Waals surface area contributed by atoms with Crippen LogP contribution in [0.15, 0.2) is 65.8 Å². The second kappa shape index (κ2) is 13.0. The van der Waals surface area contributed by atoms with Crippen molar-refractivity contribution < 1.29 is 13.9 Å². The molecule has 0 bridgehead atoms. The molecule has 6 heteroatoms. The average molecular weight is 462 g/mol. The highest BCUT2D eigenvalue weighted by atomic mass is 19.1. The summed E-state index contributed by atoms with van der Waals surface area (Å²) in [5, 5.41) is 2.89. The van der Waals surface area contributed by atoms with Gasteiger partial charge in [-0.15, -0.1) is 0 Å². The van der Waals surface area contributed by atoms with Crippen molar-refractivity contribution >= 4 is 17.7 Å². The molecule has 0 aliphatic carbocycles. The van der Waals surface area contributed by atoms with Crippen LogP contribution in [0.5, 0.6) is 11.5 Å². The Morgan fingerprint density at radius 1 is 1.15 bits per heavy atom. The van der Waals surface area contributed by atoms with Gasteiger partial charge in [-0.25, -0.2) is 4.39 Å². The Morgan fingerprint density at radius 2 is 1.91 bits per heavy atom. The lowest BCUT2D eigenvalue weighted by Crippen LogP contribution is -2.23. The maximum atomic E-state index is 13.5. The summed E-state index contributed by atoms with van der Waals surface area (Å²) < 4.78 is 19.5. The van der Waals surface area contributed by atoms with Gasteiger partial charge in [-0.05, 0) is 56.2 Å². The minimum Gasteiger partial charge on any atom is -0.457 e. The zero-order chi connectivity index (χ0) is 25.1. The maximum absolute atomic E-state index is 13.5. The van der Waals surface area contributed by atoms with E-state index < -0.39 is 0 Å². The van der Waals surface area contributed by atoms with Crippen molar-refractivity contribution in [3.8, 4) is 11.5 Å². The van der Waals surface area contributed by atoms with E-state index in [4.69, 9.17) is 4.74 Å². The molecular formula is C28H32FN3O2. The van der Waals surface area contributed by atoms with E-state index in [0.717, 1.165) is 22.4 Å². The largest absolute Gasteiger partial charge is 0.457 e. The van der Waals surface area contributed by atoms with E-state index >= 15 is 0 Å². The van der Waals surface area contributed by atoms with Gasteiger partial charge >= 0.3 is 0 Å². The van der Waals surface area contributed by atoms with Gasteiger partial charge in [0.2, 0.25) is 0 Å². The summed E-state index contributed by atoms with van der Waals surface area (Å²) in [6, 6.07) is 13.8. The highest BCUT2D eigenvalue weighted by Gasteiger charge is 2.14. The van der Waals surface area contributed by atoms with Crippen LogP contribution in [0.4, 0.5) is 4.39 Å². The van der Waals surface area contributed by atoms with Crippen LogP contribution in [0.25, 0.3) is 5.57 Å². The number of carbonyl (C=O) groups excluding carboxylic acids is 1. The van der Waals surface area contributed by atoms with E-state index in [-0.39, 0.29) is 11.7 Å². The van der Waals surface area contributed by atoms with Crippen molar-refractivity contribution in [2.24, 2.45) is 4.99 Å². The molecular weight excluding hydrogens is 429 g/mol. The zero-order valence-corrected chi connectivity index (χ0v) is 20.6. The number of rotatable bonds is 7. The average Bonchev–Trinajstić information content (AvgIpc) is 2.85. The molecule has 2 aromatic carbocycles. The minimum absolute atomic E-state index is 0.222. The lowest BCUT2D eigenvalue weighted by molar-refractivity contribution is 0.0950. The fourth-order valence-electron chi connectivity index (χ4n) is 3.25. The van der Waals surface area contributed by atoms with Crippen LogP contribution < -0.4 is 10.1 Å². The number of carbonyl (C=O) groups is 1. The number of aryl methyl sites for hydroxylation is 1. The number of aliphatic imine (C=N–C) groups is 1. The molecule has 34 heavy (non-hydrogen) atoms. The highest BCUT2D eigenvalue weighted by Crippen LogP contribution is 2.28. The third-order valence-corrected chi connectivity index (χ3v) is 5.04. The Kier molecular flexibility index (Phi) is 10.1. The fourth-order valence-corrected chi connectivity index (χ4v) is 3.25. The molecule has 0 unspecified atom stereocenters. The van der Waals surface area contributed by atoms with Crippen molar-refractivity contribution in [1.29, 1.82) is 0 Å². The van der Waals surface area contributed by atoms with Crippen LogP contribution >= 0.6 is 0 Å². The van der Waals surface area contributed by atoms with E-state index in [1.807, 2.05) is 45.9 Å². The minimum atomic E-state index is -0.261. The van der Waals surface area contributed by atoms with Gasteiger partial charge in [0.15, 0.2) is 0 Å². The fraction of sp³-hybridized carbons (Fsp3) is 0.250. The van der Waals surface area contributed by atoms with Crippen molar-refractivity contribution in [3.63, 3.8) is 0 Å². The van der Waals surface area contributed by atoms with Crippen LogP contribution in [-0.4, -0.2) is 24.2 Å². The molecule has 178 valence electrons. The Labute approximate surface area is 201 Å². The van der Waals surface area contributed by atoms with E-state index in [1.165, 1.54) is 6.07 Å². The molecule has 3 aromatic rings. The summed E-state index contributed by atoms with van der Waals surface area (Å²) in [4.78, 5) is 21.2. The van der Waals surface area contributed by atoms with Gasteiger partial charge in [-0.2, -0.15) is 0 Å². The first-order chi connectivity index (χ1) is 16.4. The zero-order valence-electron chi connectivity index (χ0n) is 20.6. The predicted octanol–water partition coefficient (Wildman–Crippen LogP) is 6.69. The standard InChI is InChI=1S/C26H26FN3O2.C2H6/c1-5-20(16-28-4)24-14-21(11-12-29-24)32-25-8-6-7-22(18(25)3)26(31)30-15-19-9-10-23(27)17(2)13-19;1-2/h5-14,16H,15H2,1-4H3,(H,30,31);1-2H3/b20-5+,28-16?;. The van der Waals surface area contributed by atoms with Gasteiger partial charge in [0.05, 0.1) is 5.69 Å². The van der Waals surface area contributed by atoms with Gasteiger partial charge in [-0.3, -0.25) is 14.8 Å². The summed E-state index contributed by atoms with van der Waals surface area (Å²) in [7, 11) is 1.71. The van der Waals surface area contributed by atoms with E-state index in [1.54, 1.807) is 56.7 Å². The van der Waals surface area contributed by atoms with Gasteiger partial charge < -0.3 is 10.1 Å². The van der Waals surface area contributed by atoms with E-state index in [2.05, 4.69) is 15.3 Å². The van der Waals surface area contributed by atoms with Crippen LogP contribution in [0.2, 0.25) is 0 Å². The number of allylic oxidation sites excluding steroid dienone is 2. The van der Waals surface area contributed by atoms with Crippen LogP contribution in [0.3, 0.4) is 0 Å². The molecule has 1 aromatic heterocycles. The molecule has 1 heterocycles. The second-order valence-electron chi connectivity index (χ2n) is 7.31. The number of halogens is 1. The maximum Gasteiger partial charge on any atom is 0.251 e. The Hall–Kier alpha value is -3.80. The quantitative estimate of drug-likeness (QED) is 0.399. The molecule has 3 rings (SSSR count). The third-order valence-electron chi connectivity index (χ3n) is 5.04. The first-order valence-corrected chi connectivity index (χ1v) is 11.3. The smallest absolute Gasteiger partial charge is 0.251 e. The summed E-state index contributed by atoms with van der Waals surface area (Å²) in [6.07, 6.45) is 5.34. The van der Waals surface area contributed by atoms with E-state index in [9.17, 15) is 9.18 Å². The molecule has 1 amide bonds. The van der Waals surface area contributed by atoms with Crippen molar-refractivity contribution in [3.05, 3.63) is 94.6 Å². The highest BCUT2D eigenvalue weighted by molar-refractivity contribution is 6.08. The molecule has 1 N–H and O–H groups in total. The molecule has 0 saturated heterocycles. The topological polar surface area (TPSA) is 63.6 Å². The van der Waals surface area contributed by atoms with Crippen molar-refractivity contribution in [2.75, 3.05) is 7.05 Å². The molecule has 0 radical (unpaired) electrons. The molecule has 0 spiro atoms. The molecule has 0 saturated carbocycles. The second-order valence-corrected chi connectivity index (χ2v) is 7.31. The monoisotopic (exact) mass is 461 g/mol. The van der Waals surface area contributed by atoms with Gasteiger partial charge in [0.1, 0.15) is 17.3 Å². The van der Waals surface area contributed by atoms with Crippen LogP contribution in [0, 0.1) is 19.7 Å². The number of pyridine rings is 1. The SMILES string of the molecule is C/C=C(\C=NC)c1cc(Oc2cccc(C(=O)NCc3ccc(F)c(C)c3)c2C)ccn1.CC. The molecule has 5 nitrogen and oxygen atoms in total. The normalized spacial score (nSPS) is 11.1.